The number of amides is 4. The molecule has 48 heavy (non-hydrogen) atoms. The van der Waals surface area contributed by atoms with Crippen LogP contribution in [0.15, 0.2) is 24.3 Å². The van der Waals surface area contributed by atoms with E-state index in [-0.39, 0.29) is 43.9 Å². The van der Waals surface area contributed by atoms with E-state index in [0.29, 0.717) is 31.7 Å². The van der Waals surface area contributed by atoms with Gasteiger partial charge in [0.1, 0.15) is 29.5 Å². The van der Waals surface area contributed by atoms with E-state index in [4.69, 9.17) is 9.47 Å². The molecule has 3 aliphatic heterocycles. The van der Waals surface area contributed by atoms with Crippen LogP contribution in [-0.2, 0) is 19.1 Å². The molecule has 3 fully saturated rings. The smallest absolute Gasteiger partial charge is 0.410 e. The highest BCUT2D eigenvalue weighted by atomic mass is 19.3. The van der Waals surface area contributed by atoms with Crippen molar-refractivity contribution in [1.29, 1.82) is 0 Å². The van der Waals surface area contributed by atoms with Crippen molar-refractivity contribution in [2.75, 3.05) is 33.3 Å². The molecule has 1 saturated carbocycles. The van der Waals surface area contributed by atoms with Gasteiger partial charge in [-0.2, -0.15) is 0 Å². The molecule has 14 heteroatoms. The van der Waals surface area contributed by atoms with Gasteiger partial charge in [0.05, 0.1) is 18.8 Å². The Bertz CT molecular complexity index is 1360. The van der Waals surface area contributed by atoms with Crippen molar-refractivity contribution in [3.8, 4) is 5.75 Å². The number of benzene rings is 1. The van der Waals surface area contributed by atoms with Gasteiger partial charge in [-0.05, 0) is 58.9 Å². The lowest BCUT2D eigenvalue weighted by atomic mass is 9.81. The number of aliphatic hydroxyl groups is 1. The van der Waals surface area contributed by atoms with E-state index in [1.54, 1.807) is 20.8 Å². The van der Waals surface area contributed by atoms with Gasteiger partial charge in [0.25, 0.3) is 0 Å². The Morgan fingerprint density at radius 2 is 1.77 bits per heavy atom. The highest BCUT2D eigenvalue weighted by molar-refractivity contribution is 5.94. The second-order valence-electron chi connectivity index (χ2n) is 14.7. The van der Waals surface area contributed by atoms with Crippen molar-refractivity contribution in [2.24, 2.45) is 5.92 Å². The Kier molecular flexibility index (Phi) is 10.5. The maximum Gasteiger partial charge on any atom is 0.410 e. The predicted octanol–water partition coefficient (Wildman–Crippen LogP) is 2.84. The van der Waals surface area contributed by atoms with Gasteiger partial charge in [0.15, 0.2) is 0 Å². The quantitative estimate of drug-likeness (QED) is 0.401. The van der Waals surface area contributed by atoms with E-state index in [1.165, 1.54) is 18.9 Å². The first-order valence-electron chi connectivity index (χ1n) is 16.9. The first kappa shape index (κ1) is 35.8. The van der Waals surface area contributed by atoms with E-state index >= 15 is 0 Å². The largest absolute Gasteiger partial charge is 0.493 e. The predicted molar refractivity (Wildman–Crippen MR) is 171 cm³/mol. The summed E-state index contributed by atoms with van der Waals surface area (Å²) in [4.78, 5) is 59.6. The topological polar surface area (TPSA) is 141 Å². The second-order valence-corrected chi connectivity index (χ2v) is 14.7. The lowest BCUT2D eigenvalue weighted by Crippen LogP contribution is -2.66. The Morgan fingerprint density at radius 3 is 2.46 bits per heavy atom. The number of rotatable bonds is 7. The maximum absolute atomic E-state index is 14.6. The number of aliphatic hydroxyl groups excluding tert-OH is 1. The number of alkyl halides is 2. The van der Waals surface area contributed by atoms with Crippen LogP contribution in [0.25, 0.3) is 0 Å². The third-order valence-electron chi connectivity index (χ3n) is 10.00. The fourth-order valence-corrected chi connectivity index (χ4v) is 7.17. The van der Waals surface area contributed by atoms with Crippen molar-refractivity contribution in [3.05, 3.63) is 29.8 Å². The summed E-state index contributed by atoms with van der Waals surface area (Å²) in [5, 5.41) is 16.4. The molecule has 266 valence electrons. The van der Waals surface area contributed by atoms with Gasteiger partial charge >= 0.3 is 6.09 Å². The number of ether oxygens (including phenoxy) is 2. The van der Waals surface area contributed by atoms with Crippen molar-refractivity contribution < 1.29 is 42.5 Å². The van der Waals surface area contributed by atoms with E-state index in [2.05, 4.69) is 10.6 Å². The number of piperazine rings is 1. The van der Waals surface area contributed by atoms with E-state index < -0.39 is 72.4 Å². The van der Waals surface area contributed by atoms with E-state index in [9.17, 15) is 33.1 Å². The maximum atomic E-state index is 14.6. The summed E-state index contributed by atoms with van der Waals surface area (Å²) < 4.78 is 39.7. The fourth-order valence-electron chi connectivity index (χ4n) is 7.17. The number of likely N-dealkylation sites (N-methyl/N-ethyl adjacent to an activating group) is 1. The minimum Gasteiger partial charge on any atom is -0.493 e. The van der Waals surface area contributed by atoms with E-state index in [0.717, 1.165) is 10.5 Å². The zero-order valence-electron chi connectivity index (χ0n) is 28.4. The summed E-state index contributed by atoms with van der Waals surface area (Å²) in [6.07, 6.45) is -1.26. The third-order valence-corrected chi connectivity index (χ3v) is 10.00. The lowest BCUT2D eigenvalue weighted by Gasteiger charge is -2.45. The standard InChI is InChI=1S/C34H49F2N5O7/c1-20(39(5)32(46)48-33(2,3)4)29(43)38-28(21-10-13-34(35,36)14-11-21)31(45)41-17-22-16-23(42)18-40(22)19-26(41)30(44)37-25-12-15-47-27-9-7-6-8-24(25)27/h6-9,20-23,25-26,28,42H,10-19H2,1-5H3,(H,37,44)(H,38,43)/t20-,22+,23+,25+,26-,28-/m0/s1. The average Bonchev–Trinajstić information content (AvgIpc) is 3.40. The molecule has 0 aromatic heterocycles. The minimum absolute atomic E-state index is 0.00218. The molecule has 2 saturated heterocycles. The molecular formula is C34H49F2N5O7. The Hall–Kier alpha value is -3.52. The molecule has 3 heterocycles. The van der Waals surface area contributed by atoms with Crippen LogP contribution < -0.4 is 15.4 Å². The molecule has 12 nitrogen and oxygen atoms in total. The van der Waals surface area contributed by atoms with Crippen molar-refractivity contribution in [2.45, 2.75) is 114 Å². The molecule has 0 radical (unpaired) electrons. The Balaban J connectivity index is 1.40. The van der Waals surface area contributed by atoms with Crippen LogP contribution >= 0.6 is 0 Å². The number of carbonyl (C=O) groups is 4. The molecule has 4 aliphatic rings. The summed E-state index contributed by atoms with van der Waals surface area (Å²) in [5.74, 6) is -4.38. The van der Waals surface area contributed by atoms with Crippen LogP contribution in [0.3, 0.4) is 0 Å². The molecular weight excluding hydrogens is 628 g/mol. The molecule has 0 spiro atoms. The number of nitrogens with one attached hydrogen (secondary N) is 2. The van der Waals surface area contributed by atoms with Crippen molar-refractivity contribution in [1.82, 2.24) is 25.3 Å². The summed E-state index contributed by atoms with van der Waals surface area (Å²) in [5.41, 5.74) is 0.0303. The monoisotopic (exact) mass is 677 g/mol. The number of halogens is 2. The number of hydrogen-bond acceptors (Lipinski definition) is 8. The zero-order valence-corrected chi connectivity index (χ0v) is 28.4. The lowest BCUT2D eigenvalue weighted by molar-refractivity contribution is -0.150. The molecule has 0 unspecified atom stereocenters. The highest BCUT2D eigenvalue weighted by Crippen LogP contribution is 2.39. The third kappa shape index (κ3) is 8.19. The van der Waals surface area contributed by atoms with E-state index in [1.807, 2.05) is 29.2 Å². The molecule has 1 aromatic rings. The van der Waals surface area contributed by atoms with Crippen LogP contribution in [0.5, 0.6) is 5.75 Å². The SMILES string of the molecule is C[C@@H](C(=O)N[C@H](C(=O)N1C[C@H]2C[C@@H](O)CN2C[C@H]1C(=O)N[C@@H]1CCOc2ccccc21)C1CCC(F)(F)CC1)N(C)C(=O)OC(C)(C)C. The van der Waals surface area contributed by atoms with Crippen LogP contribution in [0.1, 0.15) is 77.8 Å². The molecule has 3 N–H and O–H groups in total. The summed E-state index contributed by atoms with van der Waals surface area (Å²) in [6, 6.07) is 3.67. The van der Waals surface area contributed by atoms with Gasteiger partial charge in [0.2, 0.25) is 23.6 Å². The number of carbonyl (C=O) groups excluding carboxylic acids is 4. The number of fused-ring (bicyclic) bond motifs is 2. The number of nitrogens with zero attached hydrogens (tertiary/aromatic N) is 3. The van der Waals surface area contributed by atoms with Gasteiger partial charge in [-0.25, -0.2) is 13.6 Å². The zero-order chi connectivity index (χ0) is 35.0. The Morgan fingerprint density at radius 1 is 1.08 bits per heavy atom. The van der Waals surface area contributed by atoms with Gasteiger partial charge < -0.3 is 30.1 Å². The molecule has 6 atom stereocenters. The first-order chi connectivity index (χ1) is 22.5. The number of hydrogen-bond donors (Lipinski definition) is 3. The summed E-state index contributed by atoms with van der Waals surface area (Å²) >= 11 is 0. The minimum atomic E-state index is -2.87. The molecule has 1 aromatic carbocycles. The van der Waals surface area contributed by atoms with Crippen LogP contribution in [0.2, 0.25) is 0 Å². The first-order valence-corrected chi connectivity index (χ1v) is 16.9. The summed E-state index contributed by atoms with van der Waals surface area (Å²) in [6.45, 7) is 7.67. The van der Waals surface area contributed by atoms with Crippen molar-refractivity contribution in [3.63, 3.8) is 0 Å². The second kappa shape index (κ2) is 14.1. The van der Waals surface area contributed by atoms with Gasteiger partial charge in [-0.15, -0.1) is 0 Å². The Labute approximate surface area is 280 Å². The molecule has 1 aliphatic carbocycles. The molecule has 4 amide bonds. The van der Waals surface area contributed by atoms with Gasteiger partial charge in [-0.1, -0.05) is 18.2 Å². The van der Waals surface area contributed by atoms with Crippen LogP contribution in [-0.4, -0.2) is 119 Å². The van der Waals surface area contributed by atoms with Gasteiger partial charge in [0, 0.05) is 57.5 Å². The fraction of sp³-hybridized carbons (Fsp3) is 0.706. The molecule has 0 bridgehead atoms. The van der Waals surface area contributed by atoms with Gasteiger partial charge in [-0.3, -0.25) is 24.2 Å². The normalized spacial score (nSPS) is 27.0. The van der Waals surface area contributed by atoms with Crippen LogP contribution in [0.4, 0.5) is 13.6 Å². The highest BCUT2D eigenvalue weighted by Gasteiger charge is 2.48. The van der Waals surface area contributed by atoms with Crippen molar-refractivity contribution >= 4 is 23.8 Å². The van der Waals surface area contributed by atoms with Crippen LogP contribution in [0, 0.1) is 5.92 Å². The number of para-hydroxylation sites is 1. The molecule has 5 rings (SSSR count). The average molecular weight is 678 g/mol. The summed E-state index contributed by atoms with van der Waals surface area (Å²) in [7, 11) is 1.41.